The van der Waals surface area contributed by atoms with E-state index in [1.54, 1.807) is 0 Å². The summed E-state index contributed by atoms with van der Waals surface area (Å²) in [6, 6.07) is 7.31. The minimum Gasteiger partial charge on any atom is -0.371 e. The third-order valence-corrected chi connectivity index (χ3v) is 6.36. The van der Waals surface area contributed by atoms with Crippen molar-refractivity contribution in [3.63, 3.8) is 0 Å². The summed E-state index contributed by atoms with van der Waals surface area (Å²) < 4.78 is 0. The van der Waals surface area contributed by atoms with Gasteiger partial charge in [-0.15, -0.1) is 0 Å². The lowest BCUT2D eigenvalue weighted by Crippen LogP contribution is -2.60. The molecular formula is C20H29ClN4O. The maximum Gasteiger partial charge on any atom is 0.238 e. The Morgan fingerprint density at radius 2 is 1.96 bits per heavy atom. The van der Waals surface area contributed by atoms with Gasteiger partial charge in [-0.05, 0) is 50.3 Å². The minimum atomic E-state index is -0.0571. The number of aryl methyl sites for hydroxylation is 1. The van der Waals surface area contributed by atoms with Gasteiger partial charge in [-0.3, -0.25) is 9.69 Å². The molecule has 2 N–H and O–H groups in total. The Morgan fingerprint density at radius 3 is 2.65 bits per heavy atom. The van der Waals surface area contributed by atoms with Crippen LogP contribution in [0.1, 0.15) is 31.2 Å². The Morgan fingerprint density at radius 1 is 1.19 bits per heavy atom. The minimum absolute atomic E-state index is 0.0571. The van der Waals surface area contributed by atoms with Gasteiger partial charge in [0.1, 0.15) is 0 Å². The van der Waals surface area contributed by atoms with E-state index in [2.05, 4.69) is 38.6 Å². The predicted octanol–water partition coefficient (Wildman–Crippen LogP) is 2.17. The first-order valence-electron chi connectivity index (χ1n) is 9.89. The summed E-state index contributed by atoms with van der Waals surface area (Å²) in [5.41, 5.74) is 2.35. The Hall–Kier alpha value is -1.30. The largest absolute Gasteiger partial charge is 0.371 e. The fraction of sp³-hybridized carbons (Fsp3) is 0.650. The molecule has 142 valence electrons. The monoisotopic (exact) mass is 376 g/mol. The maximum absolute atomic E-state index is 12.4. The van der Waals surface area contributed by atoms with Crippen molar-refractivity contribution in [1.82, 2.24) is 15.5 Å². The molecule has 1 atom stereocenters. The zero-order valence-corrected chi connectivity index (χ0v) is 16.3. The second-order valence-corrected chi connectivity index (χ2v) is 8.34. The molecule has 2 saturated heterocycles. The number of nitrogens with zero attached hydrogens (tertiary/aromatic N) is 2. The average molecular weight is 377 g/mol. The quantitative estimate of drug-likeness (QED) is 0.845. The van der Waals surface area contributed by atoms with Crippen LogP contribution in [0.25, 0.3) is 0 Å². The number of amides is 1. The zero-order valence-electron chi connectivity index (χ0n) is 15.5. The highest BCUT2D eigenvalue weighted by atomic mass is 35.5. The Balaban J connectivity index is 1.30. The second kappa shape index (κ2) is 7.75. The maximum atomic E-state index is 12.4. The van der Waals surface area contributed by atoms with Crippen LogP contribution in [0.15, 0.2) is 18.2 Å². The standard InChI is InChI=1S/C20H29ClN4O/c1-14-2-5-17(12-18(14)21)24-9-6-16(7-10-24)25-11-8-22-19(13-25)20(26)23-15-3-4-15/h2,5,12,15-16,19,22H,3-4,6-11,13H2,1H3,(H,23,26)/t19-/m1/s1. The zero-order chi connectivity index (χ0) is 18.1. The molecule has 0 spiro atoms. The molecule has 5 nitrogen and oxygen atoms in total. The number of hydrogen-bond acceptors (Lipinski definition) is 4. The van der Waals surface area contributed by atoms with E-state index >= 15 is 0 Å². The van der Waals surface area contributed by atoms with Crippen LogP contribution in [0.5, 0.6) is 0 Å². The molecule has 1 aromatic carbocycles. The van der Waals surface area contributed by atoms with Gasteiger partial charge in [0.2, 0.25) is 5.91 Å². The van der Waals surface area contributed by atoms with Crippen LogP contribution in [0.2, 0.25) is 5.02 Å². The van der Waals surface area contributed by atoms with E-state index in [-0.39, 0.29) is 11.9 Å². The first-order valence-corrected chi connectivity index (χ1v) is 10.3. The number of nitrogens with one attached hydrogen (secondary N) is 2. The van der Waals surface area contributed by atoms with Gasteiger partial charge in [0.25, 0.3) is 0 Å². The van der Waals surface area contributed by atoms with Gasteiger partial charge in [-0.25, -0.2) is 0 Å². The van der Waals surface area contributed by atoms with Gasteiger partial charge >= 0.3 is 0 Å². The summed E-state index contributed by atoms with van der Waals surface area (Å²) in [6.07, 6.45) is 4.57. The molecule has 0 unspecified atom stereocenters. The number of rotatable bonds is 4. The van der Waals surface area contributed by atoms with Crippen LogP contribution in [0.4, 0.5) is 5.69 Å². The molecule has 26 heavy (non-hydrogen) atoms. The second-order valence-electron chi connectivity index (χ2n) is 7.94. The third-order valence-electron chi connectivity index (χ3n) is 5.95. The average Bonchev–Trinajstić information content (AvgIpc) is 3.48. The summed E-state index contributed by atoms with van der Waals surface area (Å²) in [5, 5.41) is 7.37. The van der Waals surface area contributed by atoms with E-state index in [4.69, 9.17) is 11.6 Å². The smallest absolute Gasteiger partial charge is 0.238 e. The molecule has 2 aliphatic heterocycles. The van der Waals surface area contributed by atoms with Gasteiger partial charge in [-0.2, -0.15) is 0 Å². The fourth-order valence-corrected chi connectivity index (χ4v) is 4.25. The molecule has 6 heteroatoms. The van der Waals surface area contributed by atoms with E-state index in [0.717, 1.165) is 69.0 Å². The lowest BCUT2D eigenvalue weighted by molar-refractivity contribution is -0.124. The van der Waals surface area contributed by atoms with Crippen LogP contribution in [-0.4, -0.2) is 61.7 Å². The molecule has 1 aromatic rings. The van der Waals surface area contributed by atoms with Crippen molar-refractivity contribution in [2.24, 2.45) is 0 Å². The molecule has 2 heterocycles. The Kier molecular flexibility index (Phi) is 5.39. The van der Waals surface area contributed by atoms with Crippen molar-refractivity contribution in [3.05, 3.63) is 28.8 Å². The molecule has 1 saturated carbocycles. The number of carbonyl (C=O) groups excluding carboxylic acids is 1. The number of piperidine rings is 1. The van der Waals surface area contributed by atoms with E-state index in [0.29, 0.717) is 12.1 Å². The van der Waals surface area contributed by atoms with Crippen LogP contribution in [-0.2, 0) is 4.79 Å². The molecule has 1 aliphatic carbocycles. The van der Waals surface area contributed by atoms with Crippen LogP contribution in [0.3, 0.4) is 0 Å². The van der Waals surface area contributed by atoms with Crippen LogP contribution >= 0.6 is 11.6 Å². The van der Waals surface area contributed by atoms with E-state index in [1.165, 1.54) is 5.69 Å². The lowest BCUT2D eigenvalue weighted by Gasteiger charge is -2.43. The molecule has 1 amide bonds. The number of carbonyl (C=O) groups is 1. The normalized spacial score (nSPS) is 25.3. The molecule has 3 aliphatic rings. The fourth-order valence-electron chi connectivity index (χ4n) is 4.08. The number of hydrogen-bond donors (Lipinski definition) is 2. The predicted molar refractivity (Wildman–Crippen MR) is 106 cm³/mol. The highest BCUT2D eigenvalue weighted by Gasteiger charge is 2.33. The molecule has 0 radical (unpaired) electrons. The van der Waals surface area contributed by atoms with Crippen molar-refractivity contribution in [2.75, 3.05) is 37.6 Å². The number of benzene rings is 1. The van der Waals surface area contributed by atoms with E-state index in [1.807, 2.05) is 6.92 Å². The highest BCUT2D eigenvalue weighted by Crippen LogP contribution is 2.27. The number of halogens is 1. The number of anilines is 1. The van der Waals surface area contributed by atoms with Crippen molar-refractivity contribution in [3.8, 4) is 0 Å². The van der Waals surface area contributed by atoms with Gasteiger partial charge < -0.3 is 15.5 Å². The SMILES string of the molecule is Cc1ccc(N2CCC(N3CCN[C@@H](C(=O)NC4CC4)C3)CC2)cc1Cl. The van der Waals surface area contributed by atoms with Crippen LogP contribution in [0, 0.1) is 6.92 Å². The third kappa shape index (κ3) is 4.16. The topological polar surface area (TPSA) is 47.6 Å². The molecule has 0 aromatic heterocycles. The van der Waals surface area contributed by atoms with Crippen molar-refractivity contribution >= 4 is 23.2 Å². The Bertz CT molecular complexity index is 655. The first kappa shape index (κ1) is 18.1. The Labute approximate surface area is 161 Å². The summed E-state index contributed by atoms with van der Waals surface area (Å²) in [4.78, 5) is 17.3. The van der Waals surface area contributed by atoms with Gasteiger partial charge in [0.15, 0.2) is 0 Å². The molecule has 0 bridgehead atoms. The summed E-state index contributed by atoms with van der Waals surface area (Å²) in [7, 11) is 0. The van der Waals surface area contributed by atoms with Crippen molar-refractivity contribution < 1.29 is 4.79 Å². The highest BCUT2D eigenvalue weighted by molar-refractivity contribution is 6.31. The van der Waals surface area contributed by atoms with Crippen molar-refractivity contribution in [1.29, 1.82) is 0 Å². The summed E-state index contributed by atoms with van der Waals surface area (Å²) in [5.74, 6) is 0.184. The molecule has 3 fully saturated rings. The van der Waals surface area contributed by atoms with Crippen molar-refractivity contribution in [2.45, 2.75) is 50.7 Å². The van der Waals surface area contributed by atoms with Crippen LogP contribution < -0.4 is 15.5 Å². The van der Waals surface area contributed by atoms with E-state index in [9.17, 15) is 4.79 Å². The molecular weight excluding hydrogens is 348 g/mol. The number of piperazine rings is 1. The molecule has 4 rings (SSSR count). The lowest BCUT2D eigenvalue weighted by atomic mass is 10.00. The van der Waals surface area contributed by atoms with Gasteiger partial charge in [-0.1, -0.05) is 17.7 Å². The van der Waals surface area contributed by atoms with Gasteiger partial charge in [0, 0.05) is 55.5 Å². The summed E-state index contributed by atoms with van der Waals surface area (Å²) >= 11 is 6.29. The van der Waals surface area contributed by atoms with E-state index < -0.39 is 0 Å². The summed E-state index contributed by atoms with van der Waals surface area (Å²) in [6.45, 7) is 6.91. The first-order chi connectivity index (χ1) is 12.6. The van der Waals surface area contributed by atoms with Gasteiger partial charge in [0.05, 0.1) is 6.04 Å².